The highest BCUT2D eigenvalue weighted by atomic mass is 127. The van der Waals surface area contributed by atoms with Gasteiger partial charge in [0.05, 0.1) is 0 Å². The highest BCUT2D eigenvalue weighted by Crippen LogP contribution is 2.25. The number of likely N-dealkylation sites (tertiary alicyclic amines) is 1. The highest BCUT2D eigenvalue weighted by Gasteiger charge is 2.26. The minimum atomic E-state index is 0. The first-order valence-electron chi connectivity index (χ1n) is 10.3. The molecule has 1 aliphatic heterocycles. The molecule has 0 spiro atoms. The number of nitrogens with one attached hydrogen (secondary N) is 2. The van der Waals surface area contributed by atoms with Gasteiger partial charge in [-0.2, -0.15) is 0 Å². The third-order valence-corrected chi connectivity index (χ3v) is 5.87. The molecule has 0 bridgehead atoms. The van der Waals surface area contributed by atoms with E-state index in [2.05, 4.69) is 32.7 Å². The largest absolute Gasteiger partial charge is 0.357 e. The first kappa shape index (κ1) is 22.4. The monoisotopic (exact) mass is 489 g/mol. The molecule has 1 aromatic rings. The van der Waals surface area contributed by atoms with E-state index in [1.807, 2.05) is 18.5 Å². The van der Waals surface area contributed by atoms with Gasteiger partial charge in [0.1, 0.15) is 12.4 Å². The molecule has 0 amide bonds. The van der Waals surface area contributed by atoms with Crippen molar-refractivity contribution < 1.29 is 0 Å². The normalized spacial score (nSPS) is 20.3. The van der Waals surface area contributed by atoms with Gasteiger partial charge >= 0.3 is 0 Å². The molecule has 27 heavy (non-hydrogen) atoms. The lowest BCUT2D eigenvalue weighted by atomic mass is 9.92. The molecule has 0 radical (unpaired) electrons. The van der Waals surface area contributed by atoms with Crippen molar-refractivity contribution >= 4 is 29.9 Å². The molecule has 2 N–H and O–H groups in total. The van der Waals surface area contributed by atoms with Crippen LogP contribution in [0.25, 0.3) is 0 Å². The van der Waals surface area contributed by atoms with E-state index in [0.29, 0.717) is 12.6 Å². The first-order chi connectivity index (χ1) is 12.7. The van der Waals surface area contributed by atoms with Gasteiger partial charge < -0.3 is 20.1 Å². The van der Waals surface area contributed by atoms with Crippen molar-refractivity contribution in [2.75, 3.05) is 19.6 Å². The molecule has 1 aromatic heterocycles. The van der Waals surface area contributed by atoms with E-state index in [1.165, 1.54) is 58.0 Å². The van der Waals surface area contributed by atoms with E-state index >= 15 is 0 Å². The summed E-state index contributed by atoms with van der Waals surface area (Å²) < 4.78 is 2.00. The van der Waals surface area contributed by atoms with E-state index in [9.17, 15) is 0 Å². The fraction of sp³-hybridized carbons (Fsp3) is 0.842. The molecule has 7 nitrogen and oxygen atoms in total. The summed E-state index contributed by atoms with van der Waals surface area (Å²) in [6, 6.07) is 1.35. The topological polar surface area (TPSA) is 70.4 Å². The van der Waals surface area contributed by atoms with Gasteiger partial charge in [0, 0.05) is 38.8 Å². The average molecular weight is 489 g/mol. The molecule has 3 rings (SSSR count). The van der Waals surface area contributed by atoms with Crippen LogP contribution in [-0.4, -0.2) is 57.3 Å². The number of halogens is 1. The summed E-state index contributed by atoms with van der Waals surface area (Å²) >= 11 is 0. The molecule has 154 valence electrons. The Hall–Kier alpha value is -0.900. The third-order valence-electron chi connectivity index (χ3n) is 5.87. The van der Waals surface area contributed by atoms with E-state index < -0.39 is 0 Å². The summed E-state index contributed by atoms with van der Waals surface area (Å²) in [7, 11) is 1.99. The number of rotatable bonds is 5. The quantitative estimate of drug-likeness (QED) is 0.378. The minimum absolute atomic E-state index is 0. The van der Waals surface area contributed by atoms with Gasteiger partial charge in [-0.3, -0.25) is 0 Å². The molecule has 0 atom stereocenters. The van der Waals surface area contributed by atoms with E-state index in [4.69, 9.17) is 4.99 Å². The van der Waals surface area contributed by atoms with Gasteiger partial charge in [-0.05, 0) is 39.5 Å². The first-order valence-corrected chi connectivity index (χ1v) is 10.3. The lowest BCUT2D eigenvalue weighted by molar-refractivity contribution is 0.119. The van der Waals surface area contributed by atoms with Gasteiger partial charge in [-0.25, -0.2) is 4.99 Å². The molecule has 1 saturated carbocycles. The van der Waals surface area contributed by atoms with Gasteiger partial charge in [0.15, 0.2) is 11.8 Å². The van der Waals surface area contributed by atoms with Crippen molar-refractivity contribution in [2.24, 2.45) is 12.0 Å². The number of hydrogen-bond donors (Lipinski definition) is 2. The van der Waals surface area contributed by atoms with Crippen LogP contribution in [0.4, 0.5) is 0 Å². The lowest BCUT2D eigenvalue weighted by Crippen LogP contribution is -2.51. The molecule has 0 aromatic carbocycles. The van der Waals surface area contributed by atoms with Gasteiger partial charge in [-0.15, -0.1) is 34.2 Å². The summed E-state index contributed by atoms with van der Waals surface area (Å²) in [4.78, 5) is 7.44. The van der Waals surface area contributed by atoms with Gasteiger partial charge in [-0.1, -0.05) is 19.3 Å². The van der Waals surface area contributed by atoms with Crippen LogP contribution in [0, 0.1) is 6.92 Å². The summed E-state index contributed by atoms with van der Waals surface area (Å²) in [5.41, 5.74) is 0. The number of aromatic nitrogens is 3. The molecule has 2 heterocycles. The van der Waals surface area contributed by atoms with Crippen molar-refractivity contribution in [2.45, 2.75) is 77.4 Å². The number of nitrogens with zero attached hydrogens (tertiary/aromatic N) is 5. The lowest BCUT2D eigenvalue weighted by Gasteiger charge is -2.39. The third kappa shape index (κ3) is 6.30. The van der Waals surface area contributed by atoms with Crippen LogP contribution in [0.15, 0.2) is 4.99 Å². The van der Waals surface area contributed by atoms with Crippen LogP contribution in [-0.2, 0) is 13.6 Å². The molecule has 2 aliphatic rings. The predicted molar refractivity (Wildman–Crippen MR) is 121 cm³/mol. The maximum atomic E-state index is 4.72. The average Bonchev–Trinajstić information content (AvgIpc) is 2.99. The zero-order valence-corrected chi connectivity index (χ0v) is 19.4. The van der Waals surface area contributed by atoms with Crippen molar-refractivity contribution in [1.82, 2.24) is 30.3 Å². The SMILES string of the molecule is CCNC(=NCc1nnc(C)n1C)NC1CCN(C2CCCCC2)CC1.I. The molecule has 8 heteroatoms. The summed E-state index contributed by atoms with van der Waals surface area (Å²) in [6.07, 6.45) is 9.47. The Balaban J connectivity index is 0.00000261. The highest BCUT2D eigenvalue weighted by molar-refractivity contribution is 14.0. The summed E-state index contributed by atoms with van der Waals surface area (Å²) in [5, 5.41) is 15.3. The van der Waals surface area contributed by atoms with Gasteiger partial charge in [0.2, 0.25) is 0 Å². The Morgan fingerprint density at radius 3 is 2.41 bits per heavy atom. The molecule has 2 fully saturated rings. The van der Waals surface area contributed by atoms with Crippen LogP contribution in [0.5, 0.6) is 0 Å². The van der Waals surface area contributed by atoms with Crippen LogP contribution in [0.1, 0.15) is 63.5 Å². The second kappa shape index (κ2) is 11.2. The van der Waals surface area contributed by atoms with Crippen molar-refractivity contribution in [3.63, 3.8) is 0 Å². The minimum Gasteiger partial charge on any atom is -0.357 e. The second-order valence-corrected chi connectivity index (χ2v) is 7.66. The van der Waals surface area contributed by atoms with Crippen LogP contribution in [0.2, 0.25) is 0 Å². The Bertz CT molecular complexity index is 587. The molecule has 1 aliphatic carbocycles. The maximum Gasteiger partial charge on any atom is 0.191 e. The Labute approximate surface area is 180 Å². The molecule has 0 unspecified atom stereocenters. The number of aliphatic imine (C=N–C) groups is 1. The van der Waals surface area contributed by atoms with Crippen molar-refractivity contribution in [1.29, 1.82) is 0 Å². The number of hydrogen-bond acceptors (Lipinski definition) is 4. The van der Waals surface area contributed by atoms with Gasteiger partial charge in [0.25, 0.3) is 0 Å². The predicted octanol–water partition coefficient (Wildman–Crippen LogP) is 2.59. The molecular formula is C19H36IN7. The molecule has 1 saturated heterocycles. The zero-order valence-electron chi connectivity index (χ0n) is 17.1. The van der Waals surface area contributed by atoms with Crippen molar-refractivity contribution in [3.05, 3.63) is 11.6 Å². The standard InChI is InChI=1S/C19H35N7.HI/c1-4-20-19(21-14-18-24-23-15(2)25(18)3)22-16-10-12-26(13-11-16)17-8-6-5-7-9-17;/h16-17H,4-14H2,1-3H3,(H2,20,21,22);1H. The fourth-order valence-corrected chi connectivity index (χ4v) is 4.11. The Kier molecular flexibility index (Phi) is 9.28. The summed E-state index contributed by atoms with van der Waals surface area (Å²) in [6.45, 7) is 7.91. The van der Waals surface area contributed by atoms with Crippen LogP contribution >= 0.6 is 24.0 Å². The second-order valence-electron chi connectivity index (χ2n) is 7.66. The molecular weight excluding hydrogens is 453 g/mol. The Morgan fingerprint density at radius 1 is 1.11 bits per heavy atom. The zero-order chi connectivity index (χ0) is 18.4. The van der Waals surface area contributed by atoms with E-state index in [1.54, 1.807) is 0 Å². The van der Waals surface area contributed by atoms with Crippen LogP contribution < -0.4 is 10.6 Å². The van der Waals surface area contributed by atoms with Crippen molar-refractivity contribution in [3.8, 4) is 0 Å². The smallest absolute Gasteiger partial charge is 0.191 e. The maximum absolute atomic E-state index is 4.72. The number of piperidine rings is 1. The van der Waals surface area contributed by atoms with E-state index in [0.717, 1.165) is 30.2 Å². The Morgan fingerprint density at radius 2 is 1.81 bits per heavy atom. The number of aryl methyl sites for hydroxylation is 1. The fourth-order valence-electron chi connectivity index (χ4n) is 4.11. The van der Waals surface area contributed by atoms with Crippen LogP contribution in [0.3, 0.4) is 0 Å². The number of guanidine groups is 1. The van der Waals surface area contributed by atoms with E-state index in [-0.39, 0.29) is 24.0 Å². The summed E-state index contributed by atoms with van der Waals surface area (Å²) in [5.74, 6) is 2.71.